The van der Waals surface area contributed by atoms with Crippen molar-refractivity contribution in [2.75, 3.05) is 28.6 Å². The molecule has 0 radical (unpaired) electrons. The zero-order chi connectivity index (χ0) is 20.1. The van der Waals surface area contributed by atoms with Crippen LogP contribution in [-0.4, -0.2) is 24.0 Å². The number of rotatable bonds is 5. The molecule has 2 N–H and O–H groups in total. The summed E-state index contributed by atoms with van der Waals surface area (Å²) in [7, 11) is 0. The number of nitrogens with one attached hydrogen (secondary N) is 2. The molecule has 0 unspecified atom stereocenters. The first-order valence-electron chi connectivity index (χ1n) is 9.82. The Morgan fingerprint density at radius 3 is 2.31 bits per heavy atom. The van der Waals surface area contributed by atoms with Crippen LogP contribution < -0.4 is 15.5 Å². The summed E-state index contributed by atoms with van der Waals surface area (Å²) in [5.74, 6) is 0.00734. The highest BCUT2D eigenvalue weighted by Gasteiger charge is 2.12. The lowest BCUT2D eigenvalue weighted by molar-refractivity contribution is 0.102. The fourth-order valence-corrected chi connectivity index (χ4v) is 3.43. The molecule has 4 rings (SSSR count). The fourth-order valence-electron chi connectivity index (χ4n) is 3.43. The number of carbonyl (C=O) groups is 1. The summed E-state index contributed by atoms with van der Waals surface area (Å²) in [5.41, 5.74) is 3.13. The van der Waals surface area contributed by atoms with E-state index in [-0.39, 0.29) is 11.7 Å². The molecule has 0 atom stereocenters. The standard InChI is InChI=1S/C23H23FN4O/c24-18-4-6-19(7-5-18)26-22-16-17(12-13-25-22)23(29)27-20-8-10-21(11-9-20)28-14-2-1-3-15-28/h4-13,16H,1-3,14-15H2,(H,25,26)(H,27,29). The summed E-state index contributed by atoms with van der Waals surface area (Å²) in [6.45, 7) is 2.18. The zero-order valence-corrected chi connectivity index (χ0v) is 16.1. The summed E-state index contributed by atoms with van der Waals surface area (Å²) < 4.78 is 13.0. The Hall–Kier alpha value is -3.41. The van der Waals surface area contributed by atoms with E-state index in [0.717, 1.165) is 18.8 Å². The van der Waals surface area contributed by atoms with Crippen molar-refractivity contribution >= 4 is 28.8 Å². The maximum atomic E-state index is 13.0. The average molecular weight is 390 g/mol. The van der Waals surface area contributed by atoms with E-state index in [1.165, 1.54) is 37.1 Å². The van der Waals surface area contributed by atoms with Gasteiger partial charge in [-0.05, 0) is 79.9 Å². The first-order chi connectivity index (χ1) is 14.2. The molecule has 1 aromatic heterocycles. The number of amides is 1. The summed E-state index contributed by atoms with van der Waals surface area (Å²) in [6, 6.07) is 17.3. The summed E-state index contributed by atoms with van der Waals surface area (Å²) in [6.07, 6.45) is 5.33. The minimum atomic E-state index is -0.303. The molecule has 1 amide bonds. The van der Waals surface area contributed by atoms with Gasteiger partial charge < -0.3 is 15.5 Å². The number of pyridine rings is 1. The van der Waals surface area contributed by atoms with E-state index in [1.54, 1.807) is 30.5 Å². The van der Waals surface area contributed by atoms with Gasteiger partial charge in [0.05, 0.1) is 0 Å². The molecule has 1 aliphatic heterocycles. The van der Waals surface area contributed by atoms with Gasteiger partial charge in [-0.25, -0.2) is 9.37 Å². The van der Waals surface area contributed by atoms with Gasteiger partial charge in [-0.1, -0.05) is 0 Å². The highest BCUT2D eigenvalue weighted by atomic mass is 19.1. The van der Waals surface area contributed by atoms with Crippen LogP contribution in [0, 0.1) is 5.82 Å². The Balaban J connectivity index is 1.41. The van der Waals surface area contributed by atoms with Crippen LogP contribution in [0.3, 0.4) is 0 Å². The van der Waals surface area contributed by atoms with Crippen molar-refractivity contribution < 1.29 is 9.18 Å². The second-order valence-corrected chi connectivity index (χ2v) is 7.11. The van der Waals surface area contributed by atoms with E-state index in [9.17, 15) is 9.18 Å². The Kier molecular flexibility index (Phi) is 5.70. The second-order valence-electron chi connectivity index (χ2n) is 7.11. The van der Waals surface area contributed by atoms with Crippen LogP contribution in [0.2, 0.25) is 0 Å². The fraction of sp³-hybridized carbons (Fsp3) is 0.217. The van der Waals surface area contributed by atoms with Crippen molar-refractivity contribution in [2.45, 2.75) is 19.3 Å². The SMILES string of the molecule is O=C(Nc1ccc(N2CCCCC2)cc1)c1ccnc(Nc2ccc(F)cc2)c1. The molecule has 2 heterocycles. The van der Waals surface area contributed by atoms with Gasteiger partial charge in [-0.2, -0.15) is 0 Å². The molecule has 0 bridgehead atoms. The first kappa shape index (κ1) is 18.9. The van der Waals surface area contributed by atoms with E-state index in [2.05, 4.69) is 32.7 Å². The third-order valence-corrected chi connectivity index (χ3v) is 4.99. The van der Waals surface area contributed by atoms with Gasteiger partial charge in [0.25, 0.3) is 5.91 Å². The molecule has 6 heteroatoms. The van der Waals surface area contributed by atoms with Crippen molar-refractivity contribution in [3.63, 3.8) is 0 Å². The van der Waals surface area contributed by atoms with Crippen molar-refractivity contribution in [1.82, 2.24) is 4.98 Å². The summed E-state index contributed by atoms with van der Waals surface area (Å²) >= 11 is 0. The van der Waals surface area contributed by atoms with E-state index in [4.69, 9.17) is 0 Å². The highest BCUT2D eigenvalue weighted by Crippen LogP contribution is 2.22. The molecule has 5 nitrogen and oxygen atoms in total. The van der Waals surface area contributed by atoms with Gasteiger partial charge in [-0.15, -0.1) is 0 Å². The lowest BCUT2D eigenvalue weighted by Gasteiger charge is -2.28. The number of hydrogen-bond donors (Lipinski definition) is 2. The zero-order valence-electron chi connectivity index (χ0n) is 16.1. The van der Waals surface area contributed by atoms with Crippen molar-refractivity contribution in [2.24, 2.45) is 0 Å². The molecule has 0 aliphatic carbocycles. The van der Waals surface area contributed by atoms with Crippen molar-refractivity contribution in [3.8, 4) is 0 Å². The van der Waals surface area contributed by atoms with Crippen LogP contribution in [0.4, 0.5) is 27.3 Å². The molecular weight excluding hydrogens is 367 g/mol. The van der Waals surface area contributed by atoms with Crippen LogP contribution in [-0.2, 0) is 0 Å². The minimum Gasteiger partial charge on any atom is -0.372 e. The van der Waals surface area contributed by atoms with E-state index >= 15 is 0 Å². The van der Waals surface area contributed by atoms with Gasteiger partial charge >= 0.3 is 0 Å². The molecular formula is C23H23FN4O. The summed E-state index contributed by atoms with van der Waals surface area (Å²) in [4.78, 5) is 19.2. The predicted octanol–water partition coefficient (Wildman–Crippen LogP) is 5.21. The van der Waals surface area contributed by atoms with Crippen LogP contribution in [0.1, 0.15) is 29.6 Å². The Labute approximate surface area is 169 Å². The number of carbonyl (C=O) groups excluding carboxylic acids is 1. The van der Waals surface area contributed by atoms with E-state index < -0.39 is 0 Å². The Morgan fingerprint density at radius 1 is 0.897 bits per heavy atom. The normalized spacial score (nSPS) is 13.8. The number of piperidine rings is 1. The summed E-state index contributed by atoms with van der Waals surface area (Å²) in [5, 5.41) is 6.00. The van der Waals surface area contributed by atoms with Gasteiger partial charge in [0, 0.05) is 41.9 Å². The molecule has 29 heavy (non-hydrogen) atoms. The molecule has 148 valence electrons. The van der Waals surface area contributed by atoms with Crippen LogP contribution >= 0.6 is 0 Å². The largest absolute Gasteiger partial charge is 0.372 e. The van der Waals surface area contributed by atoms with Crippen LogP contribution in [0.25, 0.3) is 0 Å². The van der Waals surface area contributed by atoms with Crippen molar-refractivity contribution in [1.29, 1.82) is 0 Å². The van der Waals surface area contributed by atoms with Crippen LogP contribution in [0.5, 0.6) is 0 Å². The molecule has 1 saturated heterocycles. The smallest absolute Gasteiger partial charge is 0.255 e. The second kappa shape index (κ2) is 8.73. The predicted molar refractivity (Wildman–Crippen MR) is 114 cm³/mol. The number of anilines is 4. The van der Waals surface area contributed by atoms with E-state index in [1.807, 2.05) is 12.1 Å². The molecule has 1 fully saturated rings. The topological polar surface area (TPSA) is 57.3 Å². The minimum absolute atomic E-state index is 0.208. The number of aromatic nitrogens is 1. The van der Waals surface area contributed by atoms with Gasteiger partial charge in [0.1, 0.15) is 11.6 Å². The van der Waals surface area contributed by atoms with Crippen molar-refractivity contribution in [3.05, 3.63) is 78.2 Å². The lowest BCUT2D eigenvalue weighted by atomic mass is 10.1. The molecule has 3 aromatic rings. The molecule has 0 spiro atoms. The number of halogens is 1. The van der Waals surface area contributed by atoms with Crippen LogP contribution in [0.15, 0.2) is 66.9 Å². The third kappa shape index (κ3) is 4.90. The lowest BCUT2D eigenvalue weighted by Crippen LogP contribution is -2.29. The van der Waals surface area contributed by atoms with Gasteiger partial charge in [0.2, 0.25) is 0 Å². The molecule has 0 saturated carbocycles. The number of hydrogen-bond acceptors (Lipinski definition) is 4. The maximum absolute atomic E-state index is 13.0. The monoisotopic (exact) mass is 390 g/mol. The highest BCUT2D eigenvalue weighted by molar-refractivity contribution is 6.04. The third-order valence-electron chi connectivity index (χ3n) is 4.99. The maximum Gasteiger partial charge on any atom is 0.255 e. The Bertz CT molecular complexity index is 967. The average Bonchev–Trinajstić information content (AvgIpc) is 2.77. The first-order valence-corrected chi connectivity index (χ1v) is 9.82. The quantitative estimate of drug-likeness (QED) is 0.628. The Morgan fingerprint density at radius 2 is 1.59 bits per heavy atom. The number of benzene rings is 2. The molecule has 1 aliphatic rings. The van der Waals surface area contributed by atoms with E-state index in [0.29, 0.717) is 17.1 Å². The number of nitrogens with zero attached hydrogens (tertiary/aromatic N) is 2. The molecule has 2 aromatic carbocycles. The van der Waals surface area contributed by atoms with Gasteiger partial charge in [0.15, 0.2) is 0 Å². The van der Waals surface area contributed by atoms with Gasteiger partial charge in [-0.3, -0.25) is 4.79 Å².